The zero-order chi connectivity index (χ0) is 14.5. The van der Waals surface area contributed by atoms with Crippen molar-refractivity contribution < 1.29 is 5.11 Å². The lowest BCUT2D eigenvalue weighted by molar-refractivity contribution is 0.0434. The number of likely N-dealkylation sites (tertiary alicyclic amines) is 1. The number of rotatable bonds is 5. The van der Waals surface area contributed by atoms with Crippen LogP contribution in [0.4, 0.5) is 0 Å². The van der Waals surface area contributed by atoms with Crippen molar-refractivity contribution in [3.8, 4) is 0 Å². The second kappa shape index (κ2) is 7.19. The summed E-state index contributed by atoms with van der Waals surface area (Å²) in [4.78, 5) is 7.03. The van der Waals surface area contributed by atoms with E-state index in [1.54, 1.807) is 0 Å². The molecule has 0 saturated carbocycles. The van der Waals surface area contributed by atoms with Crippen LogP contribution in [-0.4, -0.2) is 34.2 Å². The van der Waals surface area contributed by atoms with Crippen LogP contribution in [0.1, 0.15) is 44.5 Å². The van der Waals surface area contributed by atoms with Crippen molar-refractivity contribution in [2.75, 3.05) is 13.1 Å². The van der Waals surface area contributed by atoms with Crippen LogP contribution < -0.4 is 0 Å². The van der Waals surface area contributed by atoms with Gasteiger partial charge in [0.1, 0.15) is 0 Å². The Labute approximate surface area is 123 Å². The van der Waals surface area contributed by atoms with Gasteiger partial charge in [0, 0.05) is 12.2 Å². The van der Waals surface area contributed by atoms with E-state index < -0.39 is 0 Å². The molecule has 1 saturated heterocycles. The first-order valence-electron chi connectivity index (χ1n) is 7.87. The number of nitrogens with zero attached hydrogens (tertiary/aromatic N) is 2. The number of hydrogen-bond acceptors (Lipinski definition) is 3. The van der Waals surface area contributed by atoms with Gasteiger partial charge >= 0.3 is 0 Å². The summed E-state index contributed by atoms with van der Waals surface area (Å²) in [6.07, 6.45) is 3.04. The summed E-state index contributed by atoms with van der Waals surface area (Å²) in [6.45, 7) is 9.50. The molecule has 0 aromatic carbocycles. The maximum atomic E-state index is 10.2. The predicted molar refractivity (Wildman–Crippen MR) is 82.4 cm³/mol. The van der Waals surface area contributed by atoms with Gasteiger partial charge in [-0.05, 0) is 63.2 Å². The average molecular weight is 276 g/mol. The molecule has 0 aliphatic carbocycles. The van der Waals surface area contributed by atoms with Crippen LogP contribution in [0.2, 0.25) is 0 Å². The molecule has 0 unspecified atom stereocenters. The Balaban J connectivity index is 1.79. The first-order chi connectivity index (χ1) is 9.54. The molecule has 0 radical (unpaired) electrons. The van der Waals surface area contributed by atoms with Crippen LogP contribution in [0.15, 0.2) is 18.2 Å². The van der Waals surface area contributed by atoms with E-state index in [0.717, 1.165) is 50.3 Å². The molecule has 1 aliphatic heterocycles. The monoisotopic (exact) mass is 276 g/mol. The van der Waals surface area contributed by atoms with E-state index in [1.807, 2.05) is 13.0 Å². The van der Waals surface area contributed by atoms with Crippen molar-refractivity contribution >= 4 is 0 Å². The zero-order valence-electron chi connectivity index (χ0n) is 13.0. The fourth-order valence-corrected chi connectivity index (χ4v) is 3.09. The third kappa shape index (κ3) is 4.57. The Kier molecular flexibility index (Phi) is 5.55. The molecule has 1 aliphatic rings. The second-order valence-corrected chi connectivity index (χ2v) is 6.58. The summed E-state index contributed by atoms with van der Waals surface area (Å²) in [5.74, 6) is 1.07. The molecular weight excluding hydrogens is 248 g/mol. The average Bonchev–Trinajstić information content (AvgIpc) is 2.38. The predicted octanol–water partition coefficient (Wildman–Crippen LogP) is 3.01. The standard InChI is InChI=1S/C17H28N2O/c1-13(2)11-17(20)15-7-9-19(10-8-15)12-16-6-4-5-14(3)18-16/h4-6,13,15,17,20H,7-12H2,1-3H3/t17-/m0/s1. The summed E-state index contributed by atoms with van der Waals surface area (Å²) in [5.41, 5.74) is 2.25. The summed E-state index contributed by atoms with van der Waals surface area (Å²) < 4.78 is 0. The van der Waals surface area contributed by atoms with Crippen molar-refractivity contribution in [1.29, 1.82) is 0 Å². The Bertz CT molecular complexity index is 411. The second-order valence-electron chi connectivity index (χ2n) is 6.58. The van der Waals surface area contributed by atoms with Crippen LogP contribution in [0.25, 0.3) is 0 Å². The van der Waals surface area contributed by atoms with Crippen molar-refractivity contribution in [3.05, 3.63) is 29.6 Å². The van der Waals surface area contributed by atoms with Crippen molar-refractivity contribution in [3.63, 3.8) is 0 Å². The first-order valence-corrected chi connectivity index (χ1v) is 7.87. The van der Waals surface area contributed by atoms with Gasteiger partial charge in [0.2, 0.25) is 0 Å². The van der Waals surface area contributed by atoms with Gasteiger partial charge < -0.3 is 5.11 Å². The number of piperidine rings is 1. The molecule has 20 heavy (non-hydrogen) atoms. The highest BCUT2D eigenvalue weighted by molar-refractivity contribution is 5.09. The maximum Gasteiger partial charge on any atom is 0.0571 e. The van der Waals surface area contributed by atoms with E-state index in [2.05, 4.69) is 35.9 Å². The lowest BCUT2D eigenvalue weighted by Crippen LogP contribution is -2.37. The lowest BCUT2D eigenvalue weighted by Gasteiger charge is -2.34. The molecule has 3 heteroatoms. The fourth-order valence-electron chi connectivity index (χ4n) is 3.09. The SMILES string of the molecule is Cc1cccc(CN2CCC([C@@H](O)CC(C)C)CC2)n1. The van der Waals surface area contributed by atoms with Gasteiger partial charge in [0.05, 0.1) is 11.8 Å². The molecule has 1 aromatic rings. The molecule has 2 rings (SSSR count). The van der Waals surface area contributed by atoms with Crippen molar-refractivity contribution in [2.24, 2.45) is 11.8 Å². The number of aromatic nitrogens is 1. The largest absolute Gasteiger partial charge is 0.393 e. The van der Waals surface area contributed by atoms with Gasteiger partial charge in [0.15, 0.2) is 0 Å². The van der Waals surface area contributed by atoms with E-state index in [-0.39, 0.29) is 6.10 Å². The van der Waals surface area contributed by atoms with Crippen LogP contribution in [0.3, 0.4) is 0 Å². The minimum atomic E-state index is -0.116. The molecule has 3 nitrogen and oxygen atoms in total. The third-order valence-corrected chi connectivity index (χ3v) is 4.22. The van der Waals surface area contributed by atoms with E-state index in [4.69, 9.17) is 0 Å². The van der Waals surface area contributed by atoms with Crippen LogP contribution in [0.5, 0.6) is 0 Å². The molecule has 1 N–H and O–H groups in total. The zero-order valence-corrected chi connectivity index (χ0v) is 13.0. The quantitative estimate of drug-likeness (QED) is 0.898. The van der Waals surface area contributed by atoms with Gasteiger partial charge in [-0.1, -0.05) is 19.9 Å². The summed E-state index contributed by atoms with van der Waals surface area (Å²) >= 11 is 0. The van der Waals surface area contributed by atoms with Gasteiger partial charge in [-0.3, -0.25) is 9.88 Å². The number of pyridine rings is 1. The van der Waals surface area contributed by atoms with E-state index in [0.29, 0.717) is 11.8 Å². The van der Waals surface area contributed by atoms with Gasteiger partial charge in [0.25, 0.3) is 0 Å². The van der Waals surface area contributed by atoms with E-state index in [9.17, 15) is 5.11 Å². The molecule has 0 spiro atoms. The van der Waals surface area contributed by atoms with E-state index >= 15 is 0 Å². The third-order valence-electron chi connectivity index (χ3n) is 4.22. The van der Waals surface area contributed by atoms with Gasteiger partial charge in [-0.25, -0.2) is 0 Å². The minimum Gasteiger partial charge on any atom is -0.393 e. The summed E-state index contributed by atoms with van der Waals surface area (Å²) in [5, 5.41) is 10.2. The van der Waals surface area contributed by atoms with Crippen molar-refractivity contribution in [2.45, 2.75) is 52.7 Å². The van der Waals surface area contributed by atoms with Gasteiger partial charge in [-0.15, -0.1) is 0 Å². The minimum absolute atomic E-state index is 0.116. The highest BCUT2D eigenvalue weighted by Crippen LogP contribution is 2.25. The first kappa shape index (κ1) is 15.5. The number of hydrogen-bond donors (Lipinski definition) is 1. The highest BCUT2D eigenvalue weighted by atomic mass is 16.3. The summed E-state index contributed by atoms with van der Waals surface area (Å²) in [7, 11) is 0. The normalized spacial score (nSPS) is 19.4. The van der Waals surface area contributed by atoms with Crippen LogP contribution >= 0.6 is 0 Å². The summed E-state index contributed by atoms with van der Waals surface area (Å²) in [6, 6.07) is 6.22. The molecule has 112 valence electrons. The molecule has 0 bridgehead atoms. The Morgan fingerprint density at radius 1 is 1.30 bits per heavy atom. The van der Waals surface area contributed by atoms with E-state index in [1.165, 1.54) is 0 Å². The molecule has 1 fully saturated rings. The molecule has 0 amide bonds. The van der Waals surface area contributed by atoms with Crippen LogP contribution in [0, 0.1) is 18.8 Å². The Morgan fingerprint density at radius 2 is 2.00 bits per heavy atom. The van der Waals surface area contributed by atoms with Crippen molar-refractivity contribution in [1.82, 2.24) is 9.88 Å². The number of aliphatic hydroxyl groups is 1. The topological polar surface area (TPSA) is 36.4 Å². The molecule has 2 heterocycles. The van der Waals surface area contributed by atoms with Gasteiger partial charge in [-0.2, -0.15) is 0 Å². The fraction of sp³-hybridized carbons (Fsp3) is 0.706. The van der Waals surface area contributed by atoms with Crippen LogP contribution in [-0.2, 0) is 6.54 Å². The highest BCUT2D eigenvalue weighted by Gasteiger charge is 2.25. The Hall–Kier alpha value is -0.930. The number of aliphatic hydroxyl groups excluding tert-OH is 1. The Morgan fingerprint density at radius 3 is 2.60 bits per heavy atom. The lowest BCUT2D eigenvalue weighted by atomic mass is 9.87. The molecular formula is C17H28N2O. The molecule has 1 aromatic heterocycles. The molecule has 1 atom stereocenters. The maximum absolute atomic E-state index is 10.2. The smallest absolute Gasteiger partial charge is 0.0571 e. The number of aryl methyl sites for hydroxylation is 1.